The van der Waals surface area contributed by atoms with Gasteiger partial charge >= 0.3 is 23.9 Å². The Bertz CT molecular complexity index is 2290. The number of carbonyl (C=O) groups excluding carboxylic acids is 6. The number of ether oxygens (including phenoxy) is 5. The highest BCUT2D eigenvalue weighted by molar-refractivity contribution is 5.96. The number of esters is 4. The second kappa shape index (κ2) is 16.2. The van der Waals surface area contributed by atoms with Crippen molar-refractivity contribution in [3.05, 3.63) is 119 Å². The molecule has 3 aliphatic carbocycles. The number of fused-ring (bicyclic) bond motifs is 5. The molecule has 1 saturated heterocycles. The lowest BCUT2D eigenvalue weighted by atomic mass is 9.42. The second-order valence-electron chi connectivity index (χ2n) is 17.9. The van der Waals surface area contributed by atoms with Gasteiger partial charge in [0.05, 0.1) is 41.6 Å². The number of carbonyl (C=O) groups is 6. The summed E-state index contributed by atoms with van der Waals surface area (Å²) >= 11 is 0. The molecule has 7 rings (SSSR count). The van der Waals surface area contributed by atoms with Crippen LogP contribution in [0.15, 0.2) is 102 Å². The van der Waals surface area contributed by atoms with E-state index in [0.29, 0.717) is 11.1 Å². The third-order valence-corrected chi connectivity index (χ3v) is 13.9. The Labute approximate surface area is 359 Å². The predicted molar refractivity (Wildman–Crippen MR) is 221 cm³/mol. The van der Waals surface area contributed by atoms with Crippen molar-refractivity contribution in [2.45, 2.75) is 115 Å². The molecule has 1 amide bonds. The first-order chi connectivity index (χ1) is 29.2. The lowest BCUT2D eigenvalue weighted by molar-refractivity contribution is -0.359. The summed E-state index contributed by atoms with van der Waals surface area (Å²) < 4.78 is 30.7. The van der Waals surface area contributed by atoms with Crippen molar-refractivity contribution in [2.75, 3.05) is 6.61 Å². The second-order valence-corrected chi connectivity index (χ2v) is 17.9. The van der Waals surface area contributed by atoms with Gasteiger partial charge in [-0.2, -0.15) is 0 Å². The lowest BCUT2D eigenvalue weighted by Gasteiger charge is -2.69. The number of amides is 1. The Balaban J connectivity index is 1.39. The number of benzene rings is 3. The molecule has 1 aliphatic heterocycles. The largest absolute Gasteiger partial charge is 0.458 e. The first-order valence-electron chi connectivity index (χ1n) is 20.7. The monoisotopic (exact) mass is 851 g/mol. The van der Waals surface area contributed by atoms with Crippen molar-refractivity contribution in [1.82, 2.24) is 5.32 Å². The fourth-order valence-electron chi connectivity index (χ4n) is 10.4. The van der Waals surface area contributed by atoms with Crippen molar-refractivity contribution >= 4 is 35.6 Å². The van der Waals surface area contributed by atoms with Gasteiger partial charge in [-0.1, -0.05) is 80.6 Å². The van der Waals surface area contributed by atoms with Gasteiger partial charge in [0.2, 0.25) is 0 Å². The van der Waals surface area contributed by atoms with Gasteiger partial charge < -0.3 is 39.2 Å². The van der Waals surface area contributed by atoms with E-state index in [9.17, 15) is 34.2 Å². The highest BCUT2D eigenvalue weighted by Crippen LogP contribution is 2.66. The fraction of sp³-hybridized carbons (Fsp3) is 0.458. The molecule has 3 fully saturated rings. The topological polar surface area (TPSA) is 201 Å². The summed E-state index contributed by atoms with van der Waals surface area (Å²) in [5.74, 6) is -6.08. The van der Waals surface area contributed by atoms with E-state index in [4.69, 9.17) is 23.7 Å². The number of rotatable bonds is 10. The number of ketones is 1. The summed E-state index contributed by atoms with van der Waals surface area (Å²) in [6.45, 7) is 9.69. The van der Waals surface area contributed by atoms with Crippen LogP contribution in [0, 0.1) is 16.7 Å². The van der Waals surface area contributed by atoms with E-state index in [1.807, 2.05) is 0 Å². The quantitative estimate of drug-likeness (QED) is 0.138. The maximum atomic E-state index is 15.7. The van der Waals surface area contributed by atoms with Gasteiger partial charge in [-0.25, -0.2) is 4.79 Å². The molecule has 14 heteroatoms. The van der Waals surface area contributed by atoms with E-state index >= 15 is 4.79 Å². The standard InChI is InChI=1S/C48H53NO13/c1-27-34(60-36(52)23-33(30-17-11-8-12-18-30)49-42(54)31-19-13-9-14-20-31)24-48(57)41(61-43(55)32-21-15-10-16-22-32)39-46(7,40(53)38(59-28(2)50)37(27)44(48,4)5)45(6,56)25-35-47(39,26-58-35)62-29(3)51/h8-22,33-35,38-39,41,56-57H,23-26H2,1-7H3,(H,49,54)/t33-,34+,35-,38-,39?,41+,45?,46-,47+,48-/m1/s1. The molecule has 14 nitrogen and oxygen atoms in total. The molecular formula is C48H53NO13. The van der Waals surface area contributed by atoms with Crippen LogP contribution in [0.1, 0.15) is 100 Å². The van der Waals surface area contributed by atoms with Crippen LogP contribution in [0.2, 0.25) is 0 Å². The number of hydrogen-bond donors (Lipinski definition) is 3. The number of aliphatic hydroxyl groups is 2. The SMILES string of the molecule is CC(=O)O[C@H]1C(=O)[C@@]2(C)C([C@H](OC(=O)c3ccccc3)[C@]3(O)C[C@H](OC(=O)C[C@@H](NC(=O)c4ccccc4)c4ccccc4)C(C)=C1C3(C)C)[C@]1(OC(C)=O)CO[C@@H]1CC2(C)O. The van der Waals surface area contributed by atoms with E-state index in [1.54, 1.807) is 99.6 Å². The Hall–Kier alpha value is -5.70. The van der Waals surface area contributed by atoms with Gasteiger partial charge in [0.25, 0.3) is 5.91 Å². The van der Waals surface area contributed by atoms with Crippen molar-refractivity contribution in [1.29, 1.82) is 0 Å². The van der Waals surface area contributed by atoms with Crippen LogP contribution in [0.4, 0.5) is 0 Å². The molecule has 3 aromatic carbocycles. The summed E-state index contributed by atoms with van der Waals surface area (Å²) in [5, 5.41) is 29.2. The number of nitrogens with one attached hydrogen (secondary N) is 1. The summed E-state index contributed by atoms with van der Waals surface area (Å²) in [6, 6.07) is 24.4. The summed E-state index contributed by atoms with van der Waals surface area (Å²) in [6.07, 6.45) is -6.89. The highest BCUT2D eigenvalue weighted by Gasteiger charge is 2.80. The molecule has 3 N–H and O–H groups in total. The molecule has 3 aromatic rings. The van der Waals surface area contributed by atoms with Crippen LogP contribution in [0.25, 0.3) is 0 Å². The molecule has 62 heavy (non-hydrogen) atoms. The molecule has 2 saturated carbocycles. The molecule has 1 heterocycles. The molecule has 4 aliphatic rings. The van der Waals surface area contributed by atoms with Crippen LogP contribution in [-0.4, -0.2) is 93.6 Å². The minimum atomic E-state index is -2.32. The minimum Gasteiger partial charge on any atom is -0.458 e. The first-order valence-corrected chi connectivity index (χ1v) is 20.7. The van der Waals surface area contributed by atoms with E-state index in [-0.39, 0.29) is 36.2 Å². The van der Waals surface area contributed by atoms with Crippen LogP contribution in [0.3, 0.4) is 0 Å². The van der Waals surface area contributed by atoms with Crippen LogP contribution >= 0.6 is 0 Å². The maximum Gasteiger partial charge on any atom is 0.338 e. The van der Waals surface area contributed by atoms with Gasteiger partial charge in [-0.05, 0) is 61.7 Å². The zero-order valence-corrected chi connectivity index (χ0v) is 35.8. The highest BCUT2D eigenvalue weighted by atomic mass is 16.6. The molecule has 2 unspecified atom stereocenters. The van der Waals surface area contributed by atoms with Crippen molar-refractivity contribution in [2.24, 2.45) is 16.7 Å². The Morgan fingerprint density at radius 1 is 0.790 bits per heavy atom. The van der Waals surface area contributed by atoms with Crippen LogP contribution in [0.5, 0.6) is 0 Å². The Morgan fingerprint density at radius 3 is 1.92 bits per heavy atom. The Kier molecular flexibility index (Phi) is 11.6. The number of Topliss-reactive ketones (excluding diaryl/α,β-unsaturated/α-hetero) is 1. The van der Waals surface area contributed by atoms with Gasteiger partial charge in [0, 0.05) is 37.7 Å². The molecule has 0 radical (unpaired) electrons. The van der Waals surface area contributed by atoms with Crippen LogP contribution in [-0.2, 0) is 42.9 Å². The molecule has 328 valence electrons. The Morgan fingerprint density at radius 2 is 1.37 bits per heavy atom. The van der Waals surface area contributed by atoms with Crippen LogP contribution < -0.4 is 5.32 Å². The normalized spacial score (nSPS) is 32.5. The zero-order chi connectivity index (χ0) is 45.0. The van der Waals surface area contributed by atoms with E-state index in [2.05, 4.69) is 5.32 Å². The first kappa shape index (κ1) is 44.4. The van der Waals surface area contributed by atoms with Gasteiger partial charge in [0.15, 0.2) is 17.5 Å². The third kappa shape index (κ3) is 7.31. The fourth-order valence-corrected chi connectivity index (χ4v) is 10.4. The average molecular weight is 852 g/mol. The molecule has 2 bridgehead atoms. The molecule has 0 aromatic heterocycles. The lowest BCUT2D eigenvalue weighted by Crippen LogP contribution is -2.83. The summed E-state index contributed by atoms with van der Waals surface area (Å²) in [4.78, 5) is 83.8. The summed E-state index contributed by atoms with van der Waals surface area (Å²) in [7, 11) is 0. The van der Waals surface area contributed by atoms with E-state index in [0.717, 1.165) is 6.92 Å². The van der Waals surface area contributed by atoms with Crippen molar-refractivity contribution in [3.63, 3.8) is 0 Å². The smallest absolute Gasteiger partial charge is 0.338 e. The van der Waals surface area contributed by atoms with E-state index in [1.165, 1.54) is 32.9 Å². The minimum absolute atomic E-state index is 0.0750. The third-order valence-electron chi connectivity index (χ3n) is 13.9. The molecule has 10 atom stereocenters. The van der Waals surface area contributed by atoms with Crippen molar-refractivity contribution < 1.29 is 62.7 Å². The van der Waals surface area contributed by atoms with Gasteiger partial charge in [0.1, 0.15) is 23.9 Å². The summed E-state index contributed by atoms with van der Waals surface area (Å²) in [5.41, 5.74) is -8.30. The number of hydrogen-bond acceptors (Lipinski definition) is 13. The van der Waals surface area contributed by atoms with Gasteiger partial charge in [-0.15, -0.1) is 0 Å². The van der Waals surface area contributed by atoms with Gasteiger partial charge in [-0.3, -0.25) is 24.0 Å². The average Bonchev–Trinajstić information content (AvgIpc) is 3.22. The maximum absolute atomic E-state index is 15.7. The molecule has 0 spiro atoms. The van der Waals surface area contributed by atoms with E-state index < -0.39 is 106 Å². The zero-order valence-electron chi connectivity index (χ0n) is 35.8. The molecular weight excluding hydrogens is 799 g/mol. The van der Waals surface area contributed by atoms with Crippen molar-refractivity contribution in [3.8, 4) is 0 Å². The predicted octanol–water partition coefficient (Wildman–Crippen LogP) is 5.16.